The highest BCUT2D eigenvalue weighted by Gasteiger charge is 2.51. The number of likely N-dealkylation sites (tertiary alicyclic amines) is 1. The van der Waals surface area contributed by atoms with Gasteiger partial charge in [0.15, 0.2) is 6.29 Å². The maximum absolute atomic E-state index is 13.3. The Balaban J connectivity index is 1.07. The predicted octanol–water partition coefficient (Wildman–Crippen LogP) is 5.88. The van der Waals surface area contributed by atoms with Gasteiger partial charge in [-0.1, -0.05) is 91.9 Å². The Morgan fingerprint density at radius 2 is 1.60 bits per heavy atom. The lowest BCUT2D eigenvalue weighted by Gasteiger charge is -2.46. The highest BCUT2D eigenvalue weighted by atomic mass is 16.7. The fourth-order valence-electron chi connectivity index (χ4n) is 7.82. The number of anilines is 1. The molecule has 0 saturated carbocycles. The number of rotatable bonds is 10. The van der Waals surface area contributed by atoms with Gasteiger partial charge in [-0.2, -0.15) is 0 Å². The molecular weight excluding hydrogens is 654 g/mol. The Morgan fingerprint density at radius 1 is 0.865 bits per heavy atom. The number of carbonyl (C=O) groups is 2. The quantitative estimate of drug-likeness (QED) is 0.163. The van der Waals surface area contributed by atoms with Gasteiger partial charge in [-0.3, -0.25) is 4.79 Å². The minimum atomic E-state index is -0.573. The lowest BCUT2D eigenvalue weighted by Crippen LogP contribution is -2.57. The molecule has 0 aliphatic carbocycles. The average molecular weight is 704 g/mol. The number of nitrogens with one attached hydrogen (secondary N) is 3. The number of hydrogen-bond donors (Lipinski definition) is 4. The van der Waals surface area contributed by atoms with E-state index in [-0.39, 0.29) is 36.7 Å². The zero-order valence-corrected chi connectivity index (χ0v) is 30.0. The van der Waals surface area contributed by atoms with E-state index in [0.717, 1.165) is 71.5 Å². The van der Waals surface area contributed by atoms with Gasteiger partial charge in [0.1, 0.15) is 5.54 Å². The van der Waals surface area contributed by atoms with E-state index in [0.29, 0.717) is 19.8 Å². The highest BCUT2D eigenvalue weighted by Crippen LogP contribution is 2.43. The maximum atomic E-state index is 13.3. The summed E-state index contributed by atoms with van der Waals surface area (Å²) in [5.74, 6) is 0.169. The molecule has 0 aromatic heterocycles. The van der Waals surface area contributed by atoms with E-state index in [1.54, 1.807) is 0 Å². The van der Waals surface area contributed by atoms with Gasteiger partial charge < -0.3 is 40.3 Å². The molecule has 10 heteroatoms. The zero-order valence-electron chi connectivity index (χ0n) is 30.0. The van der Waals surface area contributed by atoms with Crippen molar-refractivity contribution in [1.82, 2.24) is 20.9 Å². The van der Waals surface area contributed by atoms with Crippen molar-refractivity contribution in [1.29, 1.82) is 0 Å². The molecule has 4 atom stereocenters. The van der Waals surface area contributed by atoms with Gasteiger partial charge >= 0.3 is 6.03 Å². The fourth-order valence-corrected chi connectivity index (χ4v) is 7.82. The molecule has 3 aliphatic rings. The van der Waals surface area contributed by atoms with Crippen molar-refractivity contribution in [3.8, 4) is 11.1 Å². The Bertz CT molecular complexity index is 1810. The molecule has 0 bridgehead atoms. The topological polar surface area (TPSA) is 115 Å². The van der Waals surface area contributed by atoms with Crippen molar-refractivity contribution < 1.29 is 24.2 Å². The number of para-hydroxylation sites is 1. The number of aliphatic hydroxyl groups excluding tert-OH is 1. The van der Waals surface area contributed by atoms with Crippen LogP contribution in [0.3, 0.4) is 0 Å². The number of aliphatic hydroxyl groups is 1. The van der Waals surface area contributed by atoms with Crippen molar-refractivity contribution in [3.63, 3.8) is 0 Å². The number of nitrogens with zero attached hydrogens (tertiary/aromatic N) is 2. The van der Waals surface area contributed by atoms with Crippen LogP contribution in [0.4, 0.5) is 10.5 Å². The molecule has 4 N–H and O–H groups in total. The van der Waals surface area contributed by atoms with Crippen LogP contribution in [0.5, 0.6) is 0 Å². The van der Waals surface area contributed by atoms with E-state index in [4.69, 9.17) is 9.47 Å². The third-order valence-electron chi connectivity index (χ3n) is 10.9. The largest absolute Gasteiger partial charge is 0.392 e. The summed E-state index contributed by atoms with van der Waals surface area (Å²) in [5, 5.41) is 18.4. The number of urea groups is 1. The van der Waals surface area contributed by atoms with Crippen molar-refractivity contribution in [3.05, 3.63) is 125 Å². The lowest BCUT2D eigenvalue weighted by atomic mass is 9.84. The van der Waals surface area contributed by atoms with Crippen molar-refractivity contribution in [2.75, 3.05) is 37.7 Å². The summed E-state index contributed by atoms with van der Waals surface area (Å²) in [4.78, 5) is 29.9. The van der Waals surface area contributed by atoms with Crippen LogP contribution in [0.15, 0.2) is 103 Å². The standard InChI is InChI=1S/C42H49N5O5/c1-3-43-41(50)44-25-31-8-7-9-35(24-31)32-16-18-34(19-17-32)39-51-37(29(2)38(52-39)33-14-12-30(27-48)13-15-33)26-46-22-20-42(21-23-46)40(49)45-28-47(42)36-10-5-4-6-11-36/h4-19,24,29,37-39,48H,3,20-23,25-28H2,1-2H3,(H,45,49)(H2,43,44,50). The maximum Gasteiger partial charge on any atom is 0.315 e. The average Bonchev–Trinajstić information content (AvgIpc) is 3.50. The molecule has 3 saturated heterocycles. The van der Waals surface area contributed by atoms with E-state index in [2.05, 4.69) is 81.2 Å². The lowest BCUT2D eigenvalue weighted by molar-refractivity contribution is -0.276. The molecule has 3 amide bonds. The molecule has 7 rings (SSSR count). The number of hydrogen-bond acceptors (Lipinski definition) is 7. The minimum absolute atomic E-state index is 0.00808. The van der Waals surface area contributed by atoms with Gasteiger partial charge in [-0.25, -0.2) is 4.79 Å². The minimum Gasteiger partial charge on any atom is -0.392 e. The third-order valence-corrected chi connectivity index (χ3v) is 10.9. The second kappa shape index (κ2) is 15.9. The summed E-state index contributed by atoms with van der Waals surface area (Å²) < 4.78 is 13.6. The van der Waals surface area contributed by atoms with Gasteiger partial charge in [0.05, 0.1) is 25.5 Å². The number of amides is 3. The van der Waals surface area contributed by atoms with Crippen LogP contribution in [0, 0.1) is 5.92 Å². The van der Waals surface area contributed by atoms with Crippen LogP contribution in [-0.4, -0.2) is 66.4 Å². The molecule has 272 valence electrons. The number of benzene rings is 4. The highest BCUT2D eigenvalue weighted by molar-refractivity contribution is 5.93. The van der Waals surface area contributed by atoms with Crippen LogP contribution in [0.2, 0.25) is 0 Å². The molecule has 0 radical (unpaired) electrons. The van der Waals surface area contributed by atoms with E-state index < -0.39 is 11.8 Å². The molecule has 3 heterocycles. The summed E-state index contributed by atoms with van der Waals surface area (Å²) in [6.07, 6.45) is 0.578. The van der Waals surface area contributed by atoms with E-state index in [9.17, 15) is 14.7 Å². The Labute approximate surface area is 306 Å². The van der Waals surface area contributed by atoms with Gasteiger partial charge in [0, 0.05) is 49.9 Å². The van der Waals surface area contributed by atoms with E-state index in [1.165, 1.54) is 0 Å². The second-order valence-electron chi connectivity index (χ2n) is 14.1. The van der Waals surface area contributed by atoms with Gasteiger partial charge in [0.25, 0.3) is 0 Å². The molecule has 3 aliphatic heterocycles. The van der Waals surface area contributed by atoms with Crippen LogP contribution in [0.25, 0.3) is 11.1 Å². The van der Waals surface area contributed by atoms with Crippen LogP contribution < -0.4 is 20.9 Å². The first-order valence-corrected chi connectivity index (χ1v) is 18.4. The van der Waals surface area contributed by atoms with Crippen molar-refractivity contribution >= 4 is 17.6 Å². The molecule has 1 spiro atoms. The van der Waals surface area contributed by atoms with E-state index >= 15 is 0 Å². The van der Waals surface area contributed by atoms with Crippen LogP contribution >= 0.6 is 0 Å². The smallest absolute Gasteiger partial charge is 0.315 e. The molecule has 3 fully saturated rings. The SMILES string of the molecule is CCNC(=O)NCc1cccc(-c2ccc(C3OC(CN4CCC5(CC4)C(=O)NCN5c4ccccc4)C(C)C(c4ccc(CO)cc4)O3)cc2)c1. The zero-order chi connectivity index (χ0) is 36.1. The van der Waals surface area contributed by atoms with E-state index in [1.807, 2.05) is 61.5 Å². The molecule has 4 unspecified atom stereocenters. The first-order chi connectivity index (χ1) is 25.4. The first-order valence-electron chi connectivity index (χ1n) is 18.4. The number of carbonyl (C=O) groups excluding carboxylic acids is 2. The summed E-state index contributed by atoms with van der Waals surface area (Å²) in [6.45, 7) is 7.93. The van der Waals surface area contributed by atoms with Gasteiger partial charge in [-0.05, 0) is 65.8 Å². The van der Waals surface area contributed by atoms with Crippen LogP contribution in [0.1, 0.15) is 61.3 Å². The normalized spacial score (nSPS) is 23.0. The molecule has 10 nitrogen and oxygen atoms in total. The molecule has 4 aromatic rings. The number of piperidine rings is 1. The molecule has 52 heavy (non-hydrogen) atoms. The Kier molecular flexibility index (Phi) is 10.9. The van der Waals surface area contributed by atoms with Gasteiger partial charge in [-0.15, -0.1) is 0 Å². The van der Waals surface area contributed by atoms with Crippen LogP contribution in [-0.2, 0) is 27.4 Å². The Hall–Kier alpha value is -4.74. The molecular formula is C42H49N5O5. The summed E-state index contributed by atoms with van der Waals surface area (Å²) >= 11 is 0. The summed E-state index contributed by atoms with van der Waals surface area (Å²) in [7, 11) is 0. The predicted molar refractivity (Wildman–Crippen MR) is 201 cm³/mol. The Morgan fingerprint density at radius 3 is 2.31 bits per heavy atom. The number of ether oxygens (including phenoxy) is 2. The van der Waals surface area contributed by atoms with Gasteiger partial charge in [0.2, 0.25) is 5.91 Å². The van der Waals surface area contributed by atoms with Crippen molar-refractivity contribution in [2.24, 2.45) is 5.92 Å². The molecule has 4 aromatic carbocycles. The fraction of sp³-hybridized carbons (Fsp3) is 0.381. The first kappa shape index (κ1) is 35.7. The summed E-state index contributed by atoms with van der Waals surface area (Å²) in [5.41, 5.74) is 6.51. The summed E-state index contributed by atoms with van der Waals surface area (Å²) in [6, 6.07) is 34.5. The monoisotopic (exact) mass is 703 g/mol. The van der Waals surface area contributed by atoms with Crippen molar-refractivity contribution in [2.45, 2.75) is 63.9 Å². The second-order valence-corrected chi connectivity index (χ2v) is 14.1. The third kappa shape index (κ3) is 7.56.